The molecule has 0 aromatic heterocycles. The molecule has 0 saturated heterocycles. The highest BCUT2D eigenvalue weighted by Crippen LogP contribution is 2.15. The molecule has 17 heavy (non-hydrogen) atoms. The van der Waals surface area contributed by atoms with Gasteiger partial charge in [-0.3, -0.25) is 0 Å². The number of carbonyl (C=O) groups excluding carboxylic acids is 1. The Morgan fingerprint density at radius 1 is 1.35 bits per heavy atom. The minimum Gasteiger partial charge on any atom is -0.462 e. The highest BCUT2D eigenvalue weighted by molar-refractivity contribution is 5.90. The molecule has 1 atom stereocenters. The van der Waals surface area contributed by atoms with E-state index < -0.39 is 0 Å². The van der Waals surface area contributed by atoms with E-state index in [4.69, 9.17) is 4.74 Å². The average molecular weight is 235 g/mol. The molecule has 1 rings (SSSR count). The third kappa shape index (κ3) is 4.10. The molecule has 0 aliphatic heterocycles. The van der Waals surface area contributed by atoms with Gasteiger partial charge in [-0.15, -0.1) is 0 Å². The molecule has 1 unspecified atom stereocenters. The lowest BCUT2D eigenvalue weighted by atomic mass is 10.1. The number of carbonyl (C=O) groups is 1. The van der Waals surface area contributed by atoms with Crippen molar-refractivity contribution in [3.8, 4) is 0 Å². The van der Waals surface area contributed by atoms with Crippen LogP contribution in [0.5, 0.6) is 0 Å². The Hall–Kier alpha value is -1.51. The van der Waals surface area contributed by atoms with Crippen LogP contribution < -0.4 is 5.32 Å². The van der Waals surface area contributed by atoms with Crippen molar-refractivity contribution < 1.29 is 9.53 Å². The third-order valence-electron chi connectivity index (χ3n) is 2.77. The van der Waals surface area contributed by atoms with Crippen LogP contribution in [0.1, 0.15) is 38.1 Å². The smallest absolute Gasteiger partial charge is 0.338 e. The summed E-state index contributed by atoms with van der Waals surface area (Å²) >= 11 is 0. The SMILES string of the molecule is CCOC(=O)c1cccc(NC(C)C(C)C)c1. The third-order valence-corrected chi connectivity index (χ3v) is 2.77. The summed E-state index contributed by atoms with van der Waals surface area (Å²) in [5.41, 5.74) is 1.55. The lowest BCUT2D eigenvalue weighted by Gasteiger charge is -2.19. The maximum atomic E-state index is 11.6. The minimum absolute atomic E-state index is 0.270. The van der Waals surface area contributed by atoms with Crippen LogP contribution in [-0.2, 0) is 4.74 Å². The van der Waals surface area contributed by atoms with E-state index >= 15 is 0 Å². The van der Waals surface area contributed by atoms with Crippen molar-refractivity contribution >= 4 is 11.7 Å². The monoisotopic (exact) mass is 235 g/mol. The first-order valence-electron chi connectivity index (χ1n) is 6.08. The predicted octanol–water partition coefficient (Wildman–Crippen LogP) is 3.32. The molecule has 1 aromatic carbocycles. The van der Waals surface area contributed by atoms with Gasteiger partial charge in [-0.1, -0.05) is 19.9 Å². The summed E-state index contributed by atoms with van der Waals surface area (Å²) in [5, 5.41) is 3.37. The van der Waals surface area contributed by atoms with Crippen molar-refractivity contribution in [2.45, 2.75) is 33.7 Å². The molecule has 94 valence electrons. The molecule has 3 nitrogen and oxygen atoms in total. The molecule has 0 spiro atoms. The van der Waals surface area contributed by atoms with E-state index in [2.05, 4.69) is 26.1 Å². The van der Waals surface area contributed by atoms with E-state index in [9.17, 15) is 4.79 Å². The van der Waals surface area contributed by atoms with Crippen molar-refractivity contribution in [3.63, 3.8) is 0 Å². The number of rotatable bonds is 5. The predicted molar refractivity (Wildman–Crippen MR) is 70.3 cm³/mol. The molecule has 0 amide bonds. The van der Waals surface area contributed by atoms with Crippen LogP contribution >= 0.6 is 0 Å². The second-order valence-electron chi connectivity index (χ2n) is 4.48. The summed E-state index contributed by atoms with van der Waals surface area (Å²) in [4.78, 5) is 11.6. The fourth-order valence-corrected chi connectivity index (χ4v) is 1.38. The van der Waals surface area contributed by atoms with E-state index in [-0.39, 0.29) is 5.97 Å². The van der Waals surface area contributed by atoms with Gasteiger partial charge in [0.15, 0.2) is 0 Å². The molecule has 3 heteroatoms. The van der Waals surface area contributed by atoms with Gasteiger partial charge in [0.2, 0.25) is 0 Å². The summed E-state index contributed by atoms with van der Waals surface area (Å²) in [7, 11) is 0. The highest BCUT2D eigenvalue weighted by Gasteiger charge is 2.09. The molecule has 0 aliphatic rings. The van der Waals surface area contributed by atoms with Crippen LogP contribution in [0.25, 0.3) is 0 Å². The number of hydrogen-bond donors (Lipinski definition) is 1. The molecular weight excluding hydrogens is 214 g/mol. The molecule has 0 heterocycles. The second kappa shape index (κ2) is 6.28. The molecular formula is C14H21NO2. The zero-order chi connectivity index (χ0) is 12.8. The van der Waals surface area contributed by atoms with Crippen molar-refractivity contribution in [2.75, 3.05) is 11.9 Å². The Labute approximate surface area is 103 Å². The van der Waals surface area contributed by atoms with E-state index in [1.807, 2.05) is 18.2 Å². The van der Waals surface area contributed by atoms with Gasteiger partial charge in [-0.2, -0.15) is 0 Å². The molecule has 1 aromatic rings. The molecule has 1 N–H and O–H groups in total. The van der Waals surface area contributed by atoms with Gasteiger partial charge in [0.1, 0.15) is 0 Å². The molecule has 0 saturated carbocycles. The van der Waals surface area contributed by atoms with Gasteiger partial charge in [-0.25, -0.2) is 4.79 Å². The van der Waals surface area contributed by atoms with Crippen molar-refractivity contribution in [1.82, 2.24) is 0 Å². The van der Waals surface area contributed by atoms with Crippen LogP contribution in [0.4, 0.5) is 5.69 Å². The van der Waals surface area contributed by atoms with Gasteiger partial charge in [-0.05, 0) is 38.0 Å². The first kappa shape index (κ1) is 13.6. The number of nitrogens with one attached hydrogen (secondary N) is 1. The zero-order valence-electron chi connectivity index (χ0n) is 11.0. The fraction of sp³-hybridized carbons (Fsp3) is 0.500. The normalized spacial score (nSPS) is 12.3. The van der Waals surface area contributed by atoms with E-state index in [1.165, 1.54) is 0 Å². The van der Waals surface area contributed by atoms with E-state index in [1.54, 1.807) is 13.0 Å². The van der Waals surface area contributed by atoms with Gasteiger partial charge in [0.25, 0.3) is 0 Å². The molecule has 0 fully saturated rings. The number of hydrogen-bond acceptors (Lipinski definition) is 3. The van der Waals surface area contributed by atoms with Crippen LogP contribution in [0, 0.1) is 5.92 Å². The lowest BCUT2D eigenvalue weighted by molar-refractivity contribution is 0.0526. The largest absolute Gasteiger partial charge is 0.462 e. The number of anilines is 1. The summed E-state index contributed by atoms with van der Waals surface area (Å²) in [6.07, 6.45) is 0. The zero-order valence-corrected chi connectivity index (χ0v) is 11.0. The Balaban J connectivity index is 2.75. The minimum atomic E-state index is -0.270. The van der Waals surface area contributed by atoms with Crippen LogP contribution in [0.3, 0.4) is 0 Å². The maximum Gasteiger partial charge on any atom is 0.338 e. The number of esters is 1. The Bertz CT molecular complexity index is 374. The highest BCUT2D eigenvalue weighted by atomic mass is 16.5. The topological polar surface area (TPSA) is 38.3 Å². The Morgan fingerprint density at radius 2 is 2.06 bits per heavy atom. The Morgan fingerprint density at radius 3 is 2.65 bits per heavy atom. The fourth-order valence-electron chi connectivity index (χ4n) is 1.38. The van der Waals surface area contributed by atoms with Gasteiger partial charge >= 0.3 is 5.97 Å². The standard InChI is InChI=1S/C14H21NO2/c1-5-17-14(16)12-7-6-8-13(9-12)15-11(4)10(2)3/h6-11,15H,5H2,1-4H3. The van der Waals surface area contributed by atoms with E-state index in [0.29, 0.717) is 24.1 Å². The lowest BCUT2D eigenvalue weighted by Crippen LogP contribution is -2.21. The summed E-state index contributed by atoms with van der Waals surface area (Å²) in [6.45, 7) is 8.65. The van der Waals surface area contributed by atoms with Gasteiger partial charge in [0, 0.05) is 11.7 Å². The van der Waals surface area contributed by atoms with Crippen LogP contribution in [-0.4, -0.2) is 18.6 Å². The molecule has 0 bridgehead atoms. The van der Waals surface area contributed by atoms with E-state index in [0.717, 1.165) is 5.69 Å². The maximum absolute atomic E-state index is 11.6. The second-order valence-corrected chi connectivity index (χ2v) is 4.48. The molecule has 0 aliphatic carbocycles. The van der Waals surface area contributed by atoms with Crippen molar-refractivity contribution in [2.24, 2.45) is 5.92 Å². The first-order chi connectivity index (χ1) is 8.04. The Kier molecular flexibility index (Phi) is 5.01. The molecule has 0 radical (unpaired) electrons. The van der Waals surface area contributed by atoms with Crippen molar-refractivity contribution in [1.29, 1.82) is 0 Å². The van der Waals surface area contributed by atoms with Gasteiger partial charge in [0.05, 0.1) is 12.2 Å². The van der Waals surface area contributed by atoms with Crippen LogP contribution in [0.15, 0.2) is 24.3 Å². The average Bonchev–Trinajstić information content (AvgIpc) is 2.29. The van der Waals surface area contributed by atoms with Gasteiger partial charge < -0.3 is 10.1 Å². The quantitative estimate of drug-likeness (QED) is 0.796. The summed E-state index contributed by atoms with van der Waals surface area (Å²) in [6, 6.07) is 7.79. The first-order valence-corrected chi connectivity index (χ1v) is 6.08. The summed E-state index contributed by atoms with van der Waals surface area (Å²) in [5.74, 6) is 0.273. The van der Waals surface area contributed by atoms with Crippen molar-refractivity contribution in [3.05, 3.63) is 29.8 Å². The number of ether oxygens (including phenoxy) is 1. The number of benzene rings is 1. The van der Waals surface area contributed by atoms with Crippen LogP contribution in [0.2, 0.25) is 0 Å². The summed E-state index contributed by atoms with van der Waals surface area (Å²) < 4.78 is 4.97.